The summed E-state index contributed by atoms with van der Waals surface area (Å²) >= 11 is 6.28. The Kier molecular flexibility index (Phi) is 8.48. The topological polar surface area (TPSA) is 140 Å². The van der Waals surface area contributed by atoms with Crippen LogP contribution >= 0.6 is 11.6 Å². The van der Waals surface area contributed by atoms with E-state index in [1.165, 1.54) is 24.4 Å². The molecule has 3 heterocycles. The van der Waals surface area contributed by atoms with Crippen molar-refractivity contribution in [2.24, 2.45) is 5.92 Å². The Labute approximate surface area is 290 Å². The lowest BCUT2D eigenvalue weighted by Gasteiger charge is -2.23. The van der Waals surface area contributed by atoms with Gasteiger partial charge in [-0.25, -0.2) is 31.0 Å². The third-order valence-electron chi connectivity index (χ3n) is 8.91. The number of aromatic nitrogens is 5. The number of carbonyl (C=O) groups is 2. The van der Waals surface area contributed by atoms with Gasteiger partial charge in [0.15, 0.2) is 15.6 Å². The van der Waals surface area contributed by atoms with Crippen molar-refractivity contribution < 1.29 is 44.3 Å². The fourth-order valence-corrected chi connectivity index (χ4v) is 7.60. The highest BCUT2D eigenvalue weighted by Gasteiger charge is 2.67. The van der Waals surface area contributed by atoms with Crippen molar-refractivity contribution in [2.45, 2.75) is 43.7 Å². The number of benzene rings is 2. The van der Waals surface area contributed by atoms with Crippen molar-refractivity contribution in [3.63, 3.8) is 0 Å². The van der Waals surface area contributed by atoms with Gasteiger partial charge in [-0.1, -0.05) is 17.7 Å². The Bertz CT molecular complexity index is 2340. The molecule has 3 atom stereocenters. The minimum Gasteiger partial charge on any atom is -0.346 e. The number of alkyl halides is 4. The van der Waals surface area contributed by atoms with Gasteiger partial charge < -0.3 is 5.32 Å². The normalized spacial score (nSPS) is 18.1. The number of Topliss-reactive ketones (excluding diaryl/α,β-unsaturated/α-hetero) is 1. The summed E-state index contributed by atoms with van der Waals surface area (Å²) < 4.78 is 111. The molecule has 18 heteroatoms. The highest BCUT2D eigenvalue weighted by molar-refractivity contribution is 7.91. The summed E-state index contributed by atoms with van der Waals surface area (Å²) in [6.45, 7) is -0.896. The minimum atomic E-state index is -3.74. The smallest absolute Gasteiger partial charge is 0.293 e. The number of sulfone groups is 1. The van der Waals surface area contributed by atoms with Gasteiger partial charge in [-0.3, -0.25) is 19.4 Å². The Morgan fingerprint density at radius 2 is 1.82 bits per heavy atom. The van der Waals surface area contributed by atoms with Gasteiger partial charge in [-0.15, -0.1) is 0 Å². The number of rotatable bonds is 11. The van der Waals surface area contributed by atoms with Gasteiger partial charge >= 0.3 is 0 Å². The number of nitrogens with one attached hydrogen (secondary N) is 2. The molecule has 2 aliphatic rings. The van der Waals surface area contributed by atoms with Crippen LogP contribution in [0.3, 0.4) is 0 Å². The molecule has 7 rings (SSSR count). The predicted molar refractivity (Wildman–Crippen MR) is 171 cm³/mol. The van der Waals surface area contributed by atoms with E-state index < -0.39 is 87.1 Å². The molecule has 2 aliphatic carbocycles. The number of H-pyrrole nitrogens is 1. The van der Waals surface area contributed by atoms with Crippen LogP contribution in [0.1, 0.15) is 63.4 Å². The van der Waals surface area contributed by atoms with Crippen LogP contribution in [-0.4, -0.2) is 57.1 Å². The Morgan fingerprint density at radius 3 is 2.51 bits per heavy atom. The number of fused-ring (bicyclic) bond motifs is 4. The number of pyridine rings is 1. The lowest BCUT2D eigenvalue weighted by atomic mass is 9.93. The molecule has 1 saturated carbocycles. The zero-order chi connectivity index (χ0) is 36.6. The number of hydrogen-bond donors (Lipinski definition) is 2. The number of ketones is 1. The molecule has 2 aromatic carbocycles. The standard InChI is InChI=1S/C33H25ClF6N6O4S/c1-51(49,50)13-26(47)20-7-15(2-3-22(20)34)18-10-23-25(11-41-44-23)43-29(18)24(6-14-4-16(35)8-17(36)5-14)42-27(48)12-46-31-28(30(45-46)32(37)38)19-9-21(19)33(31,39)40/h2-5,7-8,10-11,19,21,24,32H,6,9,12-13H2,1H3,(H,41,44)(H,42,48)/t19-,21+,24-/m0/s1. The van der Waals surface area contributed by atoms with Gasteiger partial charge in [-0.05, 0) is 60.2 Å². The first-order chi connectivity index (χ1) is 24.0. The zero-order valence-corrected chi connectivity index (χ0v) is 27.8. The average Bonchev–Trinajstić information content (AvgIpc) is 3.44. The molecule has 0 unspecified atom stereocenters. The third-order valence-corrected chi connectivity index (χ3v) is 10.0. The second-order valence-electron chi connectivity index (χ2n) is 12.7. The summed E-state index contributed by atoms with van der Waals surface area (Å²) in [5.41, 5.74) is -0.635. The van der Waals surface area contributed by atoms with Crippen LogP contribution in [0.15, 0.2) is 48.7 Å². The predicted octanol–water partition coefficient (Wildman–Crippen LogP) is 6.23. The number of carbonyl (C=O) groups excluding carboxylic acids is 2. The summed E-state index contributed by atoms with van der Waals surface area (Å²) in [4.78, 5) is 31.2. The monoisotopic (exact) mass is 750 g/mol. The highest BCUT2D eigenvalue weighted by atomic mass is 35.5. The van der Waals surface area contributed by atoms with Crippen LogP contribution in [-0.2, 0) is 33.5 Å². The quantitative estimate of drug-likeness (QED) is 0.121. The molecule has 1 amide bonds. The Hall–Kier alpha value is -4.77. The van der Waals surface area contributed by atoms with E-state index in [4.69, 9.17) is 11.6 Å². The summed E-state index contributed by atoms with van der Waals surface area (Å²) in [7, 11) is -3.74. The molecule has 10 nitrogen and oxygen atoms in total. The molecule has 1 fully saturated rings. The SMILES string of the molecule is CS(=O)(=O)CC(=O)c1cc(-c2cc3[nH]ncc3nc2[C@H](Cc2cc(F)cc(F)c2)NC(=O)Cn2nc(C(F)F)c3c2C(F)(F)[C@@H]2C[C@H]32)ccc1Cl. The first kappa shape index (κ1) is 34.7. The van der Waals surface area contributed by atoms with Crippen molar-refractivity contribution in [1.29, 1.82) is 0 Å². The fraction of sp³-hybridized carbons (Fsp3) is 0.303. The van der Waals surface area contributed by atoms with E-state index in [-0.39, 0.29) is 56.9 Å². The first-order valence-corrected chi connectivity index (χ1v) is 17.8. The van der Waals surface area contributed by atoms with E-state index in [1.807, 2.05) is 0 Å². The molecule has 0 saturated heterocycles. The number of halogens is 7. The van der Waals surface area contributed by atoms with Crippen LogP contribution in [0.25, 0.3) is 22.2 Å². The van der Waals surface area contributed by atoms with E-state index in [0.717, 1.165) is 18.4 Å². The van der Waals surface area contributed by atoms with E-state index in [2.05, 4.69) is 25.6 Å². The van der Waals surface area contributed by atoms with Gasteiger partial charge in [0.2, 0.25) is 5.91 Å². The molecule has 0 aliphatic heterocycles. The summed E-state index contributed by atoms with van der Waals surface area (Å²) in [5, 5.41) is 13.0. The fourth-order valence-electron chi connectivity index (χ4n) is 6.75. The zero-order valence-electron chi connectivity index (χ0n) is 26.2. The maximum atomic E-state index is 15.2. The minimum absolute atomic E-state index is 0.0288. The third kappa shape index (κ3) is 6.59. The lowest BCUT2D eigenvalue weighted by molar-refractivity contribution is -0.123. The molecule has 0 radical (unpaired) electrons. The van der Waals surface area contributed by atoms with E-state index in [1.54, 1.807) is 6.07 Å². The van der Waals surface area contributed by atoms with Gasteiger partial charge in [0.05, 0.1) is 28.5 Å². The van der Waals surface area contributed by atoms with Gasteiger partial charge in [-0.2, -0.15) is 19.0 Å². The van der Waals surface area contributed by atoms with Crippen molar-refractivity contribution in [1.82, 2.24) is 30.3 Å². The Balaban J connectivity index is 1.31. The highest BCUT2D eigenvalue weighted by Crippen LogP contribution is 2.68. The molecule has 2 N–H and O–H groups in total. The molecule has 0 spiro atoms. The molecular weight excluding hydrogens is 726 g/mol. The average molecular weight is 751 g/mol. The first-order valence-electron chi connectivity index (χ1n) is 15.4. The number of nitrogens with zero attached hydrogens (tertiary/aromatic N) is 4. The van der Waals surface area contributed by atoms with Gasteiger partial charge in [0.25, 0.3) is 12.3 Å². The number of amides is 1. The van der Waals surface area contributed by atoms with Crippen LogP contribution in [0.4, 0.5) is 26.3 Å². The lowest BCUT2D eigenvalue weighted by Crippen LogP contribution is -2.35. The summed E-state index contributed by atoms with van der Waals surface area (Å²) in [6.07, 6.45) is -1.19. The van der Waals surface area contributed by atoms with Crippen LogP contribution in [0, 0.1) is 17.6 Å². The summed E-state index contributed by atoms with van der Waals surface area (Å²) in [5.74, 6) is -9.87. The molecule has 0 bridgehead atoms. The van der Waals surface area contributed by atoms with E-state index in [0.29, 0.717) is 16.3 Å². The van der Waals surface area contributed by atoms with Crippen LogP contribution in [0.5, 0.6) is 0 Å². The van der Waals surface area contributed by atoms with E-state index in [9.17, 15) is 35.6 Å². The Morgan fingerprint density at radius 1 is 1.10 bits per heavy atom. The number of hydrogen-bond acceptors (Lipinski definition) is 7. The van der Waals surface area contributed by atoms with Crippen LogP contribution in [0.2, 0.25) is 5.02 Å². The second-order valence-corrected chi connectivity index (χ2v) is 15.2. The van der Waals surface area contributed by atoms with Crippen molar-refractivity contribution in [3.8, 4) is 11.1 Å². The largest absolute Gasteiger partial charge is 0.346 e. The maximum absolute atomic E-state index is 15.2. The second kappa shape index (κ2) is 12.5. The van der Waals surface area contributed by atoms with E-state index >= 15 is 8.78 Å². The molecule has 3 aromatic heterocycles. The van der Waals surface area contributed by atoms with Crippen molar-refractivity contribution >= 4 is 44.2 Å². The molecule has 266 valence electrons. The molecule has 5 aromatic rings. The van der Waals surface area contributed by atoms with Gasteiger partial charge in [0, 0.05) is 34.9 Å². The molecular formula is C33H25ClF6N6O4S. The van der Waals surface area contributed by atoms with Crippen molar-refractivity contribution in [2.75, 3.05) is 12.0 Å². The maximum Gasteiger partial charge on any atom is 0.293 e. The molecule has 51 heavy (non-hydrogen) atoms. The number of aromatic amines is 1. The van der Waals surface area contributed by atoms with Crippen LogP contribution < -0.4 is 5.32 Å². The summed E-state index contributed by atoms with van der Waals surface area (Å²) in [6, 6.07) is 7.16. The van der Waals surface area contributed by atoms with Crippen molar-refractivity contribution in [3.05, 3.63) is 99.1 Å². The van der Waals surface area contributed by atoms with Gasteiger partial charge in [0.1, 0.15) is 40.8 Å².